The number of hydrogen-bond donors (Lipinski definition) is 1. The number of benzene rings is 1. The molecular formula is C11H10N2O3. The number of nitrogens with zero attached hydrogens (tertiary/aromatic N) is 1. The van der Waals surface area contributed by atoms with Crippen LogP contribution in [0.1, 0.15) is 0 Å². The number of fused-ring (bicyclic) bond motifs is 1. The molecule has 1 heterocycles. The lowest BCUT2D eigenvalue weighted by Crippen LogP contribution is -2.07. The van der Waals surface area contributed by atoms with Crippen LogP contribution in [0.15, 0.2) is 35.4 Å². The third-order valence-corrected chi connectivity index (χ3v) is 2.11. The van der Waals surface area contributed by atoms with Gasteiger partial charge in [-0.05, 0) is 18.2 Å². The molecule has 0 unspecified atom stereocenters. The highest BCUT2D eigenvalue weighted by atomic mass is 16.5. The van der Waals surface area contributed by atoms with Crippen molar-refractivity contribution in [2.75, 3.05) is 12.4 Å². The molecule has 0 aliphatic carbocycles. The van der Waals surface area contributed by atoms with Gasteiger partial charge in [-0.15, -0.1) is 0 Å². The van der Waals surface area contributed by atoms with E-state index in [9.17, 15) is 4.79 Å². The van der Waals surface area contributed by atoms with E-state index in [-0.39, 0.29) is 5.91 Å². The second kappa shape index (κ2) is 4.06. The van der Waals surface area contributed by atoms with Gasteiger partial charge < -0.3 is 14.6 Å². The maximum Gasteiger partial charge on any atom is 0.249 e. The number of carbonyl (C=O) groups excluding carboxylic acids is 1. The fourth-order valence-corrected chi connectivity index (χ4v) is 1.30. The normalized spacial score (nSPS) is 10.1. The second-order valence-electron chi connectivity index (χ2n) is 3.09. The summed E-state index contributed by atoms with van der Waals surface area (Å²) >= 11 is 0. The number of anilines is 1. The molecule has 16 heavy (non-hydrogen) atoms. The lowest BCUT2D eigenvalue weighted by atomic mass is 10.2. The van der Waals surface area contributed by atoms with Crippen LogP contribution in [0.3, 0.4) is 0 Å². The van der Waals surface area contributed by atoms with Crippen LogP contribution in [-0.4, -0.2) is 18.2 Å². The van der Waals surface area contributed by atoms with Crippen molar-refractivity contribution in [3.63, 3.8) is 0 Å². The van der Waals surface area contributed by atoms with E-state index in [1.54, 1.807) is 25.3 Å². The van der Waals surface area contributed by atoms with Gasteiger partial charge in [0.1, 0.15) is 5.75 Å². The Bertz CT molecular complexity index is 545. The van der Waals surface area contributed by atoms with Crippen molar-refractivity contribution in [2.24, 2.45) is 0 Å². The Morgan fingerprint density at radius 2 is 2.44 bits per heavy atom. The van der Waals surface area contributed by atoms with Crippen LogP contribution >= 0.6 is 0 Å². The van der Waals surface area contributed by atoms with E-state index >= 15 is 0 Å². The Balaban J connectivity index is 2.41. The number of nitrogens with one attached hydrogen (secondary N) is 1. The number of rotatable bonds is 3. The van der Waals surface area contributed by atoms with Gasteiger partial charge >= 0.3 is 0 Å². The van der Waals surface area contributed by atoms with E-state index in [4.69, 9.17) is 9.26 Å². The molecule has 1 N–H and O–H groups in total. The van der Waals surface area contributed by atoms with Gasteiger partial charge in [-0.2, -0.15) is 0 Å². The molecule has 0 atom stereocenters. The predicted molar refractivity (Wildman–Crippen MR) is 59.4 cm³/mol. The minimum Gasteiger partial charge on any atom is -0.497 e. The van der Waals surface area contributed by atoms with Crippen molar-refractivity contribution in [3.05, 3.63) is 30.9 Å². The van der Waals surface area contributed by atoms with Gasteiger partial charge in [0.05, 0.1) is 12.5 Å². The maximum atomic E-state index is 11.1. The van der Waals surface area contributed by atoms with Crippen LogP contribution in [0.2, 0.25) is 0 Å². The molecule has 0 fully saturated rings. The van der Waals surface area contributed by atoms with Crippen LogP contribution in [0, 0.1) is 0 Å². The quantitative estimate of drug-likeness (QED) is 0.800. The third kappa shape index (κ3) is 1.75. The molecular weight excluding hydrogens is 208 g/mol. The highest BCUT2D eigenvalue weighted by molar-refractivity contribution is 6.03. The number of methoxy groups -OCH3 is 1. The predicted octanol–water partition coefficient (Wildman–Crippen LogP) is 1.96. The molecule has 5 nitrogen and oxygen atoms in total. The van der Waals surface area contributed by atoms with E-state index in [1.807, 2.05) is 0 Å². The van der Waals surface area contributed by atoms with Crippen molar-refractivity contribution < 1.29 is 14.1 Å². The highest BCUT2D eigenvalue weighted by Crippen LogP contribution is 2.26. The Kier molecular flexibility index (Phi) is 2.59. The Morgan fingerprint density at radius 1 is 1.62 bits per heavy atom. The van der Waals surface area contributed by atoms with E-state index in [0.29, 0.717) is 17.2 Å². The van der Waals surface area contributed by atoms with Crippen molar-refractivity contribution in [3.8, 4) is 5.75 Å². The standard InChI is InChI=1S/C11H10N2O3/c1-3-10(14)12-11-8-5-4-7(15-2)6-9(8)16-13-11/h3-6H,1H2,2H3,(H,12,13,14). The number of hydrogen-bond acceptors (Lipinski definition) is 4. The van der Waals surface area contributed by atoms with E-state index in [2.05, 4.69) is 17.1 Å². The van der Waals surface area contributed by atoms with Crippen molar-refractivity contribution in [1.82, 2.24) is 5.16 Å². The summed E-state index contributed by atoms with van der Waals surface area (Å²) in [6.07, 6.45) is 1.17. The summed E-state index contributed by atoms with van der Waals surface area (Å²) in [6, 6.07) is 5.23. The summed E-state index contributed by atoms with van der Waals surface area (Å²) in [5, 5.41) is 7.02. The minimum absolute atomic E-state index is 0.328. The van der Waals surface area contributed by atoms with Crippen molar-refractivity contribution >= 4 is 22.7 Å². The summed E-state index contributed by atoms with van der Waals surface area (Å²) in [5.41, 5.74) is 0.554. The lowest BCUT2D eigenvalue weighted by Gasteiger charge is -1.98. The molecule has 2 rings (SSSR count). The number of ether oxygens (including phenoxy) is 1. The molecule has 5 heteroatoms. The zero-order valence-electron chi connectivity index (χ0n) is 8.69. The number of aromatic nitrogens is 1. The average molecular weight is 218 g/mol. The fourth-order valence-electron chi connectivity index (χ4n) is 1.30. The van der Waals surface area contributed by atoms with Crippen LogP contribution in [-0.2, 0) is 4.79 Å². The molecule has 0 aliphatic heterocycles. The summed E-state index contributed by atoms with van der Waals surface area (Å²) in [4.78, 5) is 11.1. The van der Waals surface area contributed by atoms with E-state index in [0.717, 1.165) is 5.39 Å². The first-order chi connectivity index (χ1) is 7.74. The van der Waals surface area contributed by atoms with Gasteiger partial charge in [0, 0.05) is 6.07 Å². The average Bonchev–Trinajstić information content (AvgIpc) is 2.71. The highest BCUT2D eigenvalue weighted by Gasteiger charge is 2.10. The molecule has 82 valence electrons. The first-order valence-electron chi connectivity index (χ1n) is 4.61. The van der Waals surface area contributed by atoms with Gasteiger partial charge in [-0.25, -0.2) is 0 Å². The number of carbonyl (C=O) groups is 1. The maximum absolute atomic E-state index is 11.1. The lowest BCUT2D eigenvalue weighted by molar-refractivity contribution is -0.111. The summed E-state index contributed by atoms with van der Waals surface area (Å²) < 4.78 is 10.1. The molecule has 0 saturated heterocycles. The molecule has 0 aliphatic rings. The fraction of sp³-hybridized carbons (Fsp3) is 0.0909. The monoisotopic (exact) mass is 218 g/mol. The van der Waals surface area contributed by atoms with E-state index < -0.39 is 0 Å². The van der Waals surface area contributed by atoms with Crippen LogP contribution < -0.4 is 10.1 Å². The zero-order chi connectivity index (χ0) is 11.5. The second-order valence-corrected chi connectivity index (χ2v) is 3.09. The Morgan fingerprint density at radius 3 is 3.12 bits per heavy atom. The SMILES string of the molecule is C=CC(=O)Nc1noc2cc(OC)ccc12. The Hall–Kier alpha value is -2.30. The van der Waals surface area contributed by atoms with Crippen molar-refractivity contribution in [1.29, 1.82) is 0 Å². The molecule has 0 bridgehead atoms. The van der Waals surface area contributed by atoms with Crippen LogP contribution in [0.4, 0.5) is 5.82 Å². The zero-order valence-corrected chi connectivity index (χ0v) is 8.69. The smallest absolute Gasteiger partial charge is 0.249 e. The largest absolute Gasteiger partial charge is 0.497 e. The Labute approximate surface area is 91.7 Å². The molecule has 1 aromatic heterocycles. The van der Waals surface area contributed by atoms with Gasteiger partial charge in [0.15, 0.2) is 11.4 Å². The van der Waals surface area contributed by atoms with Gasteiger partial charge in [-0.1, -0.05) is 11.7 Å². The molecule has 0 spiro atoms. The van der Waals surface area contributed by atoms with Crippen LogP contribution in [0.5, 0.6) is 5.75 Å². The van der Waals surface area contributed by atoms with Crippen LogP contribution in [0.25, 0.3) is 11.0 Å². The summed E-state index contributed by atoms with van der Waals surface area (Å²) in [7, 11) is 1.57. The molecule has 0 radical (unpaired) electrons. The molecule has 1 aromatic carbocycles. The topological polar surface area (TPSA) is 64.4 Å². The van der Waals surface area contributed by atoms with Gasteiger partial charge in [-0.3, -0.25) is 4.79 Å². The first kappa shape index (κ1) is 10.2. The molecule has 1 amide bonds. The summed E-state index contributed by atoms with van der Waals surface area (Å²) in [5.74, 6) is 0.721. The van der Waals surface area contributed by atoms with Crippen molar-refractivity contribution in [2.45, 2.75) is 0 Å². The first-order valence-corrected chi connectivity index (χ1v) is 4.61. The minimum atomic E-state index is -0.328. The van der Waals surface area contributed by atoms with Gasteiger partial charge in [0.2, 0.25) is 5.91 Å². The number of amides is 1. The summed E-state index contributed by atoms with van der Waals surface area (Å²) in [6.45, 7) is 3.36. The molecule has 2 aromatic rings. The van der Waals surface area contributed by atoms with Gasteiger partial charge in [0.25, 0.3) is 0 Å². The van der Waals surface area contributed by atoms with E-state index in [1.165, 1.54) is 6.08 Å². The molecule has 0 saturated carbocycles. The third-order valence-electron chi connectivity index (χ3n) is 2.11.